The first kappa shape index (κ1) is 14.3. The summed E-state index contributed by atoms with van der Waals surface area (Å²) in [6, 6.07) is 9.72. The number of carbonyl (C=O) groups is 1. The quantitative estimate of drug-likeness (QED) is 0.761. The summed E-state index contributed by atoms with van der Waals surface area (Å²) >= 11 is 4.60. The molecule has 0 fully saturated rings. The van der Waals surface area contributed by atoms with E-state index in [0.717, 1.165) is 12.1 Å². The number of Topliss-reactive ketones (excluding diaryl/α,β-unsaturated/α-hetero) is 1. The number of nitrogens with one attached hydrogen (secondary N) is 1. The zero-order valence-electron chi connectivity index (χ0n) is 10.7. The van der Waals surface area contributed by atoms with Crippen molar-refractivity contribution in [3.8, 4) is 0 Å². The molecule has 0 saturated heterocycles. The molecule has 0 radical (unpaired) electrons. The molecular formula is C14H21NOS. The van der Waals surface area contributed by atoms with Crippen molar-refractivity contribution in [3.63, 3.8) is 0 Å². The fourth-order valence-corrected chi connectivity index (χ4v) is 2.21. The third-order valence-corrected chi connectivity index (χ3v) is 3.35. The van der Waals surface area contributed by atoms with Gasteiger partial charge >= 0.3 is 0 Å². The predicted octanol–water partition coefficient (Wildman–Crippen LogP) is 2.86. The highest BCUT2D eigenvalue weighted by molar-refractivity contribution is 7.80. The zero-order valence-corrected chi connectivity index (χ0v) is 11.6. The van der Waals surface area contributed by atoms with Crippen molar-refractivity contribution < 1.29 is 4.79 Å². The van der Waals surface area contributed by atoms with Crippen LogP contribution in [-0.4, -0.2) is 18.4 Å². The Morgan fingerprint density at radius 3 is 2.35 bits per heavy atom. The molecule has 0 saturated carbocycles. The highest BCUT2D eigenvalue weighted by atomic mass is 32.1. The lowest BCUT2D eigenvalue weighted by Gasteiger charge is -2.24. The van der Waals surface area contributed by atoms with Gasteiger partial charge in [0.15, 0.2) is 5.78 Å². The topological polar surface area (TPSA) is 29.1 Å². The minimum Gasteiger partial charge on any atom is -0.307 e. The fourth-order valence-electron chi connectivity index (χ4n) is 1.79. The molecule has 0 amide bonds. The Morgan fingerprint density at radius 2 is 1.88 bits per heavy atom. The highest BCUT2D eigenvalue weighted by Gasteiger charge is 2.27. The summed E-state index contributed by atoms with van der Waals surface area (Å²) in [6.07, 6.45) is 0. The molecule has 1 aromatic carbocycles. The van der Waals surface area contributed by atoms with Gasteiger partial charge in [-0.25, -0.2) is 0 Å². The number of hydrogen-bond acceptors (Lipinski definition) is 3. The standard InChI is InChI=1S/C14H21NOS/c1-4-15-12(13(16)10(2)3)14(17)11-8-6-5-7-9-11/h5-10,12,14-15,17H,4H2,1-3H3. The average molecular weight is 251 g/mol. The first-order valence-corrected chi connectivity index (χ1v) is 6.59. The second-order valence-corrected chi connectivity index (χ2v) is 5.00. The van der Waals surface area contributed by atoms with Crippen molar-refractivity contribution in [2.24, 2.45) is 5.92 Å². The van der Waals surface area contributed by atoms with Crippen LogP contribution in [0.1, 0.15) is 31.6 Å². The molecule has 2 atom stereocenters. The van der Waals surface area contributed by atoms with Gasteiger partial charge in [-0.05, 0) is 12.1 Å². The zero-order chi connectivity index (χ0) is 12.8. The van der Waals surface area contributed by atoms with Gasteiger partial charge in [-0.3, -0.25) is 4.79 Å². The van der Waals surface area contributed by atoms with Gasteiger partial charge in [0, 0.05) is 11.2 Å². The van der Waals surface area contributed by atoms with E-state index in [0.29, 0.717) is 0 Å². The molecule has 0 spiro atoms. The lowest BCUT2D eigenvalue weighted by molar-refractivity contribution is -0.124. The molecule has 0 aliphatic rings. The average Bonchev–Trinajstić information content (AvgIpc) is 2.35. The number of likely N-dealkylation sites (N-methyl/N-ethyl adjacent to an activating group) is 1. The molecular weight excluding hydrogens is 230 g/mol. The molecule has 0 aromatic heterocycles. The van der Waals surface area contributed by atoms with Gasteiger partial charge in [0.2, 0.25) is 0 Å². The molecule has 0 aliphatic carbocycles. The summed E-state index contributed by atoms with van der Waals surface area (Å²) in [7, 11) is 0. The molecule has 3 heteroatoms. The number of rotatable bonds is 6. The molecule has 1 aromatic rings. The van der Waals surface area contributed by atoms with Crippen LogP contribution in [0.2, 0.25) is 0 Å². The van der Waals surface area contributed by atoms with Crippen LogP contribution in [0, 0.1) is 5.92 Å². The summed E-state index contributed by atoms with van der Waals surface area (Å²) in [5.74, 6) is 0.244. The van der Waals surface area contributed by atoms with E-state index in [2.05, 4.69) is 17.9 Å². The van der Waals surface area contributed by atoms with Gasteiger partial charge in [0.25, 0.3) is 0 Å². The minimum absolute atomic E-state index is 0.0254. The van der Waals surface area contributed by atoms with Crippen molar-refractivity contribution in [2.45, 2.75) is 32.1 Å². The second kappa shape index (κ2) is 6.82. The van der Waals surface area contributed by atoms with E-state index in [9.17, 15) is 4.79 Å². The maximum absolute atomic E-state index is 12.1. The maximum Gasteiger partial charge on any atom is 0.153 e. The number of ketones is 1. The minimum atomic E-state index is -0.217. The van der Waals surface area contributed by atoms with E-state index in [1.54, 1.807) is 0 Å². The van der Waals surface area contributed by atoms with E-state index in [4.69, 9.17) is 0 Å². The van der Waals surface area contributed by atoms with Crippen molar-refractivity contribution in [2.75, 3.05) is 6.54 Å². The van der Waals surface area contributed by atoms with Gasteiger partial charge in [-0.15, -0.1) is 0 Å². The third-order valence-electron chi connectivity index (χ3n) is 2.76. The Balaban J connectivity index is 2.87. The fraction of sp³-hybridized carbons (Fsp3) is 0.500. The summed E-state index contributed by atoms with van der Waals surface area (Å²) in [6.45, 7) is 6.63. The molecule has 2 unspecified atom stereocenters. The van der Waals surface area contributed by atoms with Crippen LogP contribution in [0.15, 0.2) is 30.3 Å². The van der Waals surface area contributed by atoms with E-state index in [-0.39, 0.29) is 23.0 Å². The van der Waals surface area contributed by atoms with Gasteiger partial charge in [-0.1, -0.05) is 51.1 Å². The molecule has 2 nitrogen and oxygen atoms in total. The van der Waals surface area contributed by atoms with E-state index in [1.807, 2.05) is 51.1 Å². The maximum atomic E-state index is 12.1. The van der Waals surface area contributed by atoms with Gasteiger partial charge in [0.05, 0.1) is 6.04 Å². The third kappa shape index (κ3) is 3.86. The SMILES string of the molecule is CCNC(C(=O)C(C)C)C(S)c1ccccc1. The highest BCUT2D eigenvalue weighted by Crippen LogP contribution is 2.25. The molecule has 0 bridgehead atoms. The molecule has 1 rings (SSSR count). The Morgan fingerprint density at radius 1 is 1.29 bits per heavy atom. The first-order chi connectivity index (χ1) is 8.07. The smallest absolute Gasteiger partial charge is 0.153 e. The van der Waals surface area contributed by atoms with Crippen LogP contribution in [-0.2, 0) is 4.79 Å². The van der Waals surface area contributed by atoms with Crippen LogP contribution in [0.3, 0.4) is 0 Å². The van der Waals surface area contributed by atoms with Gasteiger partial charge in [-0.2, -0.15) is 12.6 Å². The van der Waals surface area contributed by atoms with Crippen LogP contribution in [0.25, 0.3) is 0 Å². The Labute approximate surface area is 109 Å². The largest absolute Gasteiger partial charge is 0.307 e. The van der Waals surface area contributed by atoms with Gasteiger partial charge in [0.1, 0.15) is 0 Å². The Hall–Kier alpha value is -0.800. The Kier molecular flexibility index (Phi) is 5.72. The molecule has 0 heterocycles. The summed E-state index contributed by atoms with van der Waals surface area (Å²) in [5.41, 5.74) is 1.08. The number of hydrogen-bond donors (Lipinski definition) is 2. The second-order valence-electron chi connectivity index (χ2n) is 4.45. The van der Waals surface area contributed by atoms with E-state index < -0.39 is 0 Å². The van der Waals surface area contributed by atoms with Crippen molar-refractivity contribution in [1.82, 2.24) is 5.32 Å². The number of benzene rings is 1. The molecule has 0 aliphatic heterocycles. The lowest BCUT2D eigenvalue weighted by atomic mass is 9.95. The van der Waals surface area contributed by atoms with E-state index in [1.165, 1.54) is 0 Å². The first-order valence-electron chi connectivity index (χ1n) is 6.08. The molecule has 1 N–H and O–H groups in total. The van der Waals surface area contributed by atoms with Crippen LogP contribution in [0.4, 0.5) is 0 Å². The summed E-state index contributed by atoms with van der Waals surface area (Å²) in [5, 5.41) is 3.14. The summed E-state index contributed by atoms with van der Waals surface area (Å²) < 4.78 is 0. The molecule has 94 valence electrons. The van der Waals surface area contributed by atoms with Gasteiger partial charge < -0.3 is 5.32 Å². The van der Waals surface area contributed by atoms with E-state index >= 15 is 0 Å². The van der Waals surface area contributed by atoms with Crippen LogP contribution in [0.5, 0.6) is 0 Å². The van der Waals surface area contributed by atoms with Crippen LogP contribution >= 0.6 is 12.6 Å². The monoisotopic (exact) mass is 251 g/mol. The normalized spacial score (nSPS) is 14.6. The number of thiol groups is 1. The summed E-state index contributed by atoms with van der Waals surface area (Å²) in [4.78, 5) is 12.1. The predicted molar refractivity (Wildman–Crippen MR) is 75.5 cm³/mol. The van der Waals surface area contributed by atoms with Crippen molar-refractivity contribution >= 4 is 18.4 Å². The number of carbonyl (C=O) groups excluding carboxylic acids is 1. The lowest BCUT2D eigenvalue weighted by Crippen LogP contribution is -2.42. The van der Waals surface area contributed by atoms with Crippen molar-refractivity contribution in [3.05, 3.63) is 35.9 Å². The van der Waals surface area contributed by atoms with Crippen molar-refractivity contribution in [1.29, 1.82) is 0 Å². The van der Waals surface area contributed by atoms with Crippen LogP contribution < -0.4 is 5.32 Å². The molecule has 17 heavy (non-hydrogen) atoms. The Bertz CT molecular complexity index is 350.